The first-order valence-electron chi connectivity index (χ1n) is 7.07. The molecule has 1 aliphatic rings. The van der Waals surface area contributed by atoms with Crippen molar-refractivity contribution in [3.63, 3.8) is 0 Å². The summed E-state index contributed by atoms with van der Waals surface area (Å²) in [5.74, 6) is 0.741. The molecule has 2 aromatic rings. The first kappa shape index (κ1) is 14.6. The van der Waals surface area contributed by atoms with Gasteiger partial charge in [0.1, 0.15) is 17.5 Å². The minimum atomic E-state index is 0.483. The number of nitriles is 1. The van der Waals surface area contributed by atoms with Gasteiger partial charge in [0, 0.05) is 11.1 Å². The second-order valence-electron chi connectivity index (χ2n) is 4.99. The molecule has 0 radical (unpaired) electrons. The molecule has 0 aromatic heterocycles. The number of oxime groups is 1. The Morgan fingerprint density at radius 1 is 1.04 bits per heavy atom. The van der Waals surface area contributed by atoms with Crippen molar-refractivity contribution in [2.75, 3.05) is 7.11 Å². The largest absolute Gasteiger partial charge is 0.497 e. The molecule has 1 N–H and O–H groups in total. The summed E-state index contributed by atoms with van der Waals surface area (Å²) in [7, 11) is 1.61. The Labute approximate surface area is 134 Å². The molecule has 112 valence electrons. The van der Waals surface area contributed by atoms with Crippen molar-refractivity contribution in [1.29, 1.82) is 5.26 Å². The summed E-state index contributed by atoms with van der Waals surface area (Å²) in [6, 6.07) is 17.2. The molecule has 0 fully saturated rings. The zero-order valence-electron chi connectivity index (χ0n) is 12.5. The minimum Gasteiger partial charge on any atom is -0.497 e. The third-order valence-corrected chi connectivity index (χ3v) is 3.77. The fraction of sp³-hybridized carbons (Fsp3) is 0.0526. The smallest absolute Gasteiger partial charge is 0.118 e. The predicted molar refractivity (Wildman–Crippen MR) is 89.3 cm³/mol. The minimum absolute atomic E-state index is 0.483. The number of hydrogen-bond donors (Lipinski definition) is 1. The number of ether oxygens (including phenoxy) is 1. The molecule has 0 heterocycles. The number of fused-ring (bicyclic) bond motifs is 1. The van der Waals surface area contributed by atoms with Crippen molar-refractivity contribution in [3.8, 4) is 11.8 Å². The summed E-state index contributed by atoms with van der Waals surface area (Å²) in [4.78, 5) is 0. The van der Waals surface area contributed by atoms with Crippen LogP contribution in [-0.2, 0) is 0 Å². The van der Waals surface area contributed by atoms with Crippen LogP contribution in [-0.4, -0.2) is 18.0 Å². The van der Waals surface area contributed by atoms with Crippen LogP contribution in [0.15, 0.2) is 65.8 Å². The van der Waals surface area contributed by atoms with Gasteiger partial charge in [0.2, 0.25) is 0 Å². The van der Waals surface area contributed by atoms with Gasteiger partial charge in [0.25, 0.3) is 0 Å². The van der Waals surface area contributed by atoms with E-state index in [4.69, 9.17) is 9.94 Å². The van der Waals surface area contributed by atoms with Crippen LogP contribution < -0.4 is 4.74 Å². The van der Waals surface area contributed by atoms with Gasteiger partial charge in [-0.3, -0.25) is 0 Å². The normalized spacial score (nSPS) is 16.6. The Balaban J connectivity index is 2.20. The lowest BCUT2D eigenvalue weighted by atomic mass is 9.87. The van der Waals surface area contributed by atoms with Crippen LogP contribution >= 0.6 is 0 Å². The Bertz CT molecular complexity index is 869. The van der Waals surface area contributed by atoms with Crippen LogP contribution in [0.5, 0.6) is 5.75 Å². The van der Waals surface area contributed by atoms with Gasteiger partial charge in [0.05, 0.1) is 12.7 Å². The second kappa shape index (κ2) is 6.20. The Morgan fingerprint density at radius 2 is 1.74 bits per heavy atom. The zero-order valence-corrected chi connectivity index (χ0v) is 12.5. The van der Waals surface area contributed by atoms with E-state index in [2.05, 4.69) is 11.2 Å². The van der Waals surface area contributed by atoms with E-state index in [1.54, 1.807) is 19.3 Å². The lowest BCUT2D eigenvalue weighted by Crippen LogP contribution is -2.07. The van der Waals surface area contributed by atoms with Gasteiger partial charge in [-0.25, -0.2) is 0 Å². The average Bonchev–Trinajstić information content (AvgIpc) is 2.63. The molecule has 0 unspecified atom stereocenters. The molecule has 3 rings (SSSR count). The van der Waals surface area contributed by atoms with E-state index in [1.165, 1.54) is 0 Å². The number of allylic oxidation sites excluding steroid dienone is 4. The summed E-state index contributed by atoms with van der Waals surface area (Å²) >= 11 is 0. The molecule has 0 saturated carbocycles. The molecular weight excluding hydrogens is 288 g/mol. The summed E-state index contributed by atoms with van der Waals surface area (Å²) < 4.78 is 5.16. The van der Waals surface area contributed by atoms with Gasteiger partial charge >= 0.3 is 0 Å². The number of methoxy groups -OCH3 is 1. The molecule has 4 heteroatoms. The van der Waals surface area contributed by atoms with Gasteiger partial charge in [-0.1, -0.05) is 35.5 Å². The summed E-state index contributed by atoms with van der Waals surface area (Å²) in [5.41, 5.74) is 4.33. The molecule has 0 saturated heterocycles. The van der Waals surface area contributed by atoms with E-state index >= 15 is 0 Å². The fourth-order valence-electron chi connectivity index (χ4n) is 2.63. The van der Waals surface area contributed by atoms with E-state index in [0.29, 0.717) is 11.3 Å². The van der Waals surface area contributed by atoms with E-state index in [9.17, 15) is 5.26 Å². The highest BCUT2D eigenvalue weighted by Gasteiger charge is 2.18. The summed E-state index contributed by atoms with van der Waals surface area (Å²) in [6.07, 6.45) is 3.51. The van der Waals surface area contributed by atoms with Crippen LogP contribution in [0.25, 0.3) is 11.1 Å². The maximum atomic E-state index is 9.65. The molecule has 0 amide bonds. The summed E-state index contributed by atoms with van der Waals surface area (Å²) in [5, 5.41) is 22.1. The van der Waals surface area contributed by atoms with Gasteiger partial charge < -0.3 is 9.94 Å². The highest BCUT2D eigenvalue weighted by atomic mass is 16.5. The Morgan fingerprint density at radius 3 is 2.35 bits per heavy atom. The first-order chi connectivity index (χ1) is 11.3. The van der Waals surface area contributed by atoms with Crippen molar-refractivity contribution in [3.05, 3.63) is 77.4 Å². The van der Waals surface area contributed by atoms with E-state index in [1.807, 2.05) is 48.5 Å². The lowest BCUT2D eigenvalue weighted by Gasteiger charge is -2.16. The van der Waals surface area contributed by atoms with Gasteiger partial charge in [0.15, 0.2) is 0 Å². The lowest BCUT2D eigenvalue weighted by molar-refractivity contribution is 0.320. The highest BCUT2D eigenvalue weighted by Crippen LogP contribution is 2.33. The van der Waals surface area contributed by atoms with Crippen LogP contribution in [0.1, 0.15) is 16.7 Å². The van der Waals surface area contributed by atoms with E-state index < -0.39 is 0 Å². The second-order valence-corrected chi connectivity index (χ2v) is 4.99. The van der Waals surface area contributed by atoms with Crippen LogP contribution in [0.3, 0.4) is 0 Å². The first-order valence-corrected chi connectivity index (χ1v) is 7.07. The molecule has 2 aromatic carbocycles. The number of nitrogens with zero attached hydrogens (tertiary/aromatic N) is 2. The third kappa shape index (κ3) is 2.60. The van der Waals surface area contributed by atoms with Gasteiger partial charge in [-0.15, -0.1) is 0 Å². The average molecular weight is 302 g/mol. The molecule has 0 bridgehead atoms. The summed E-state index contributed by atoms with van der Waals surface area (Å²) in [6.45, 7) is 0. The van der Waals surface area contributed by atoms with Crippen molar-refractivity contribution in [2.24, 2.45) is 5.16 Å². The molecule has 23 heavy (non-hydrogen) atoms. The monoisotopic (exact) mass is 302 g/mol. The van der Waals surface area contributed by atoms with Crippen LogP contribution in [0.4, 0.5) is 0 Å². The Hall–Kier alpha value is -3.32. The standard InChI is InChI=1S/C19H14N2O2/c1-23-14-8-6-13(7-9-14)18(12-20)16-10-11-19(21-22)17-5-3-2-4-15(16)17/h2-11,22H,1H3/b18-16-,21-19-. The molecular formula is C19H14N2O2. The zero-order chi connectivity index (χ0) is 16.2. The molecule has 0 aliphatic heterocycles. The van der Waals surface area contributed by atoms with E-state index in [0.717, 1.165) is 28.0 Å². The third-order valence-electron chi connectivity index (χ3n) is 3.77. The fourth-order valence-corrected chi connectivity index (χ4v) is 2.63. The van der Waals surface area contributed by atoms with Crippen molar-refractivity contribution < 1.29 is 9.94 Å². The molecule has 0 atom stereocenters. The number of benzene rings is 2. The van der Waals surface area contributed by atoms with Crippen molar-refractivity contribution in [1.82, 2.24) is 0 Å². The number of rotatable bonds is 2. The highest BCUT2D eigenvalue weighted by molar-refractivity contribution is 6.18. The van der Waals surface area contributed by atoms with Gasteiger partial charge in [-0.05, 0) is 41.5 Å². The predicted octanol–water partition coefficient (Wildman–Crippen LogP) is 3.88. The quantitative estimate of drug-likeness (QED) is 0.520. The molecule has 0 spiro atoms. The van der Waals surface area contributed by atoms with Crippen molar-refractivity contribution in [2.45, 2.75) is 0 Å². The van der Waals surface area contributed by atoms with Crippen molar-refractivity contribution >= 4 is 16.9 Å². The van der Waals surface area contributed by atoms with Gasteiger partial charge in [-0.2, -0.15) is 5.26 Å². The van der Waals surface area contributed by atoms with Crippen LogP contribution in [0.2, 0.25) is 0 Å². The maximum absolute atomic E-state index is 9.65. The van der Waals surface area contributed by atoms with E-state index in [-0.39, 0.29) is 0 Å². The number of hydrogen-bond acceptors (Lipinski definition) is 4. The Kier molecular flexibility index (Phi) is 3.94. The molecule has 4 nitrogen and oxygen atoms in total. The maximum Gasteiger partial charge on any atom is 0.118 e. The topological polar surface area (TPSA) is 65.6 Å². The SMILES string of the molecule is COc1ccc(/C(C#N)=C2C=C/C(=N/O)c3ccccc3/2)cc1. The van der Waals surface area contributed by atoms with Crippen LogP contribution in [0, 0.1) is 11.3 Å². The molecule has 1 aliphatic carbocycles.